The quantitative estimate of drug-likeness (QED) is 0.374. The Morgan fingerprint density at radius 3 is 2.44 bits per heavy atom. The van der Waals surface area contributed by atoms with Crippen LogP contribution in [0.3, 0.4) is 0 Å². The monoisotopic (exact) mass is 482 g/mol. The van der Waals surface area contributed by atoms with Crippen molar-refractivity contribution in [1.82, 2.24) is 20.6 Å². The molecule has 0 atom stereocenters. The number of benzene rings is 3. The summed E-state index contributed by atoms with van der Waals surface area (Å²) >= 11 is 0. The number of carbonyl (C=O) groups is 2. The zero-order valence-corrected chi connectivity index (χ0v) is 19.5. The standard InChI is InChI=1S/C28H23FN4O3/c1-3-13-30-28(35)21-9-12-23-24(15-21)33-27(26(32-23)19-7-10-22(29)11-8-19)20-6-4-5-18(14-20)16-31-25(34)17-36-2/h1,4-12,14-15H,13,16-17H2,2H3,(H,30,35)(H,31,34). The van der Waals surface area contributed by atoms with Gasteiger partial charge in [0, 0.05) is 30.3 Å². The highest BCUT2D eigenvalue weighted by molar-refractivity contribution is 5.98. The van der Waals surface area contributed by atoms with Gasteiger partial charge in [-0.3, -0.25) is 9.59 Å². The van der Waals surface area contributed by atoms with Gasteiger partial charge in [0.25, 0.3) is 5.91 Å². The molecule has 36 heavy (non-hydrogen) atoms. The highest BCUT2D eigenvalue weighted by Crippen LogP contribution is 2.32. The number of hydrogen-bond donors (Lipinski definition) is 2. The second kappa shape index (κ2) is 11.2. The molecule has 0 radical (unpaired) electrons. The lowest BCUT2D eigenvalue weighted by molar-refractivity contribution is -0.124. The average molecular weight is 483 g/mol. The first-order valence-corrected chi connectivity index (χ1v) is 11.1. The predicted octanol–water partition coefficient (Wildman–Crippen LogP) is 3.73. The van der Waals surface area contributed by atoms with E-state index in [2.05, 4.69) is 16.6 Å². The first-order valence-electron chi connectivity index (χ1n) is 11.1. The van der Waals surface area contributed by atoms with E-state index in [1.165, 1.54) is 19.2 Å². The van der Waals surface area contributed by atoms with Crippen LogP contribution in [0.5, 0.6) is 0 Å². The van der Waals surface area contributed by atoms with E-state index in [4.69, 9.17) is 21.1 Å². The Kier molecular flexibility index (Phi) is 7.63. The fourth-order valence-electron chi connectivity index (χ4n) is 3.65. The summed E-state index contributed by atoms with van der Waals surface area (Å²) in [5.41, 5.74) is 4.92. The van der Waals surface area contributed by atoms with Gasteiger partial charge in [-0.1, -0.05) is 24.1 Å². The number of halogens is 1. The van der Waals surface area contributed by atoms with Crippen LogP contribution in [0.2, 0.25) is 0 Å². The van der Waals surface area contributed by atoms with Gasteiger partial charge in [0.15, 0.2) is 0 Å². The lowest BCUT2D eigenvalue weighted by Crippen LogP contribution is -2.26. The van der Waals surface area contributed by atoms with Gasteiger partial charge in [0.1, 0.15) is 12.4 Å². The number of terminal acetylenes is 1. The zero-order valence-electron chi connectivity index (χ0n) is 19.5. The lowest BCUT2D eigenvalue weighted by atomic mass is 10.0. The Morgan fingerprint density at radius 2 is 1.69 bits per heavy atom. The molecule has 0 aliphatic carbocycles. The van der Waals surface area contributed by atoms with Crippen LogP contribution >= 0.6 is 0 Å². The molecule has 2 N–H and O–H groups in total. The second-order valence-corrected chi connectivity index (χ2v) is 7.93. The van der Waals surface area contributed by atoms with Crippen molar-refractivity contribution in [2.45, 2.75) is 6.54 Å². The van der Waals surface area contributed by atoms with E-state index >= 15 is 0 Å². The van der Waals surface area contributed by atoms with Crippen molar-refractivity contribution in [3.63, 3.8) is 0 Å². The minimum absolute atomic E-state index is 0.0260. The Hall–Kier alpha value is -4.61. The number of nitrogens with one attached hydrogen (secondary N) is 2. The lowest BCUT2D eigenvalue weighted by Gasteiger charge is -2.13. The van der Waals surface area contributed by atoms with E-state index in [-0.39, 0.29) is 30.8 Å². The Morgan fingerprint density at radius 1 is 0.944 bits per heavy atom. The molecular formula is C28H23FN4O3. The van der Waals surface area contributed by atoms with E-state index in [1.807, 2.05) is 24.3 Å². The molecular weight excluding hydrogens is 459 g/mol. The molecule has 0 spiro atoms. The van der Waals surface area contributed by atoms with Crippen LogP contribution in [0.1, 0.15) is 15.9 Å². The number of nitrogens with zero attached hydrogens (tertiary/aromatic N) is 2. The van der Waals surface area contributed by atoms with Crippen LogP contribution in [0.25, 0.3) is 33.5 Å². The molecule has 4 aromatic rings. The van der Waals surface area contributed by atoms with Gasteiger partial charge in [0.05, 0.1) is 29.0 Å². The molecule has 180 valence electrons. The summed E-state index contributed by atoms with van der Waals surface area (Å²) < 4.78 is 18.5. The Bertz CT molecular complexity index is 1460. The summed E-state index contributed by atoms with van der Waals surface area (Å²) in [4.78, 5) is 33.9. The first kappa shape index (κ1) is 24.5. The van der Waals surface area contributed by atoms with Gasteiger partial charge in [-0.15, -0.1) is 6.42 Å². The molecule has 0 saturated heterocycles. The first-order chi connectivity index (χ1) is 17.5. The summed E-state index contributed by atoms with van der Waals surface area (Å²) in [5.74, 6) is 1.48. The van der Waals surface area contributed by atoms with Crippen LogP contribution in [0.4, 0.5) is 4.39 Å². The molecule has 1 aromatic heterocycles. The number of hydrogen-bond acceptors (Lipinski definition) is 5. The maximum Gasteiger partial charge on any atom is 0.252 e. The number of fused-ring (bicyclic) bond motifs is 1. The molecule has 0 fully saturated rings. The number of ether oxygens (including phenoxy) is 1. The smallest absolute Gasteiger partial charge is 0.252 e. The molecule has 8 heteroatoms. The van der Waals surface area contributed by atoms with Gasteiger partial charge in [-0.25, -0.2) is 14.4 Å². The minimum Gasteiger partial charge on any atom is -0.375 e. The van der Waals surface area contributed by atoms with Crippen LogP contribution < -0.4 is 10.6 Å². The van der Waals surface area contributed by atoms with Crippen LogP contribution in [-0.2, 0) is 16.1 Å². The van der Waals surface area contributed by atoms with E-state index in [0.717, 1.165) is 11.1 Å². The Balaban J connectivity index is 1.80. The SMILES string of the molecule is C#CCNC(=O)c1ccc2nc(-c3ccc(F)cc3)c(-c3cccc(CNC(=O)COC)c3)nc2c1. The van der Waals surface area contributed by atoms with Gasteiger partial charge < -0.3 is 15.4 Å². The van der Waals surface area contributed by atoms with Gasteiger partial charge in [0.2, 0.25) is 5.91 Å². The summed E-state index contributed by atoms with van der Waals surface area (Å²) in [5, 5.41) is 5.44. The van der Waals surface area contributed by atoms with Crippen molar-refractivity contribution in [1.29, 1.82) is 0 Å². The molecule has 0 aliphatic heterocycles. The van der Waals surface area contributed by atoms with Crippen LogP contribution in [0, 0.1) is 18.2 Å². The fourth-order valence-corrected chi connectivity index (χ4v) is 3.65. The van der Waals surface area contributed by atoms with Gasteiger partial charge in [-0.2, -0.15) is 0 Å². The topological polar surface area (TPSA) is 93.2 Å². The van der Waals surface area contributed by atoms with Crippen molar-refractivity contribution in [2.75, 3.05) is 20.3 Å². The number of carbonyl (C=O) groups excluding carboxylic acids is 2. The second-order valence-electron chi connectivity index (χ2n) is 7.93. The minimum atomic E-state index is -0.356. The van der Waals surface area contributed by atoms with Crippen molar-refractivity contribution in [3.05, 3.63) is 83.7 Å². The number of rotatable bonds is 8. The highest BCUT2D eigenvalue weighted by Gasteiger charge is 2.16. The molecule has 1 heterocycles. The number of aromatic nitrogens is 2. The molecule has 7 nitrogen and oxygen atoms in total. The summed E-state index contributed by atoms with van der Waals surface area (Å²) in [7, 11) is 1.46. The van der Waals surface area contributed by atoms with Gasteiger partial charge in [-0.05, 0) is 54.1 Å². The van der Waals surface area contributed by atoms with Crippen molar-refractivity contribution in [2.24, 2.45) is 0 Å². The molecule has 0 aliphatic rings. The third-order valence-corrected chi connectivity index (χ3v) is 5.36. The van der Waals surface area contributed by atoms with Gasteiger partial charge >= 0.3 is 0 Å². The van der Waals surface area contributed by atoms with Crippen molar-refractivity contribution in [3.8, 4) is 34.9 Å². The third-order valence-electron chi connectivity index (χ3n) is 5.36. The van der Waals surface area contributed by atoms with E-state index in [9.17, 15) is 14.0 Å². The van der Waals surface area contributed by atoms with E-state index in [0.29, 0.717) is 40.1 Å². The average Bonchev–Trinajstić information content (AvgIpc) is 2.90. The zero-order chi connectivity index (χ0) is 25.5. The van der Waals surface area contributed by atoms with Crippen LogP contribution in [0.15, 0.2) is 66.7 Å². The van der Waals surface area contributed by atoms with Crippen LogP contribution in [-0.4, -0.2) is 42.0 Å². The maximum atomic E-state index is 13.6. The maximum absolute atomic E-state index is 13.6. The summed E-state index contributed by atoms with van der Waals surface area (Å²) in [6.07, 6.45) is 5.24. The summed E-state index contributed by atoms with van der Waals surface area (Å²) in [6, 6.07) is 18.6. The predicted molar refractivity (Wildman–Crippen MR) is 135 cm³/mol. The normalized spacial score (nSPS) is 10.6. The molecule has 2 amide bonds. The molecule has 0 bridgehead atoms. The Labute approximate surface area is 207 Å². The van der Waals surface area contributed by atoms with E-state index < -0.39 is 0 Å². The van der Waals surface area contributed by atoms with E-state index in [1.54, 1.807) is 30.3 Å². The molecule has 0 unspecified atom stereocenters. The highest BCUT2D eigenvalue weighted by atomic mass is 19.1. The summed E-state index contributed by atoms with van der Waals surface area (Å²) in [6.45, 7) is 0.398. The molecule has 3 aromatic carbocycles. The molecule has 4 rings (SSSR count). The fraction of sp³-hybridized carbons (Fsp3) is 0.143. The largest absolute Gasteiger partial charge is 0.375 e. The van der Waals surface area contributed by atoms with Crippen molar-refractivity contribution >= 4 is 22.8 Å². The van der Waals surface area contributed by atoms with Crippen molar-refractivity contribution < 1.29 is 18.7 Å². The molecule has 0 saturated carbocycles. The third kappa shape index (κ3) is 5.71. The number of methoxy groups -OCH3 is 1. The number of amides is 2.